The topological polar surface area (TPSA) is 49.4 Å². The molecular formula is C15H15F3N2O2. The number of anilines is 1. The van der Waals surface area contributed by atoms with E-state index in [1.54, 1.807) is 0 Å². The summed E-state index contributed by atoms with van der Waals surface area (Å²) < 4.78 is 37.6. The molecule has 22 heavy (non-hydrogen) atoms. The molecule has 0 bridgehead atoms. The zero-order valence-corrected chi connectivity index (χ0v) is 11.7. The van der Waals surface area contributed by atoms with Crippen LogP contribution in [-0.2, 0) is 15.8 Å². The first-order valence-electron chi connectivity index (χ1n) is 7.15. The number of rotatable bonds is 3. The summed E-state index contributed by atoms with van der Waals surface area (Å²) in [5.74, 6) is -1.36. The number of halogens is 3. The van der Waals surface area contributed by atoms with E-state index in [2.05, 4.69) is 5.32 Å². The van der Waals surface area contributed by atoms with Crippen LogP contribution < -0.4 is 10.2 Å². The number of alkyl halides is 3. The van der Waals surface area contributed by atoms with Crippen molar-refractivity contribution in [2.45, 2.75) is 31.5 Å². The Morgan fingerprint density at radius 3 is 2.32 bits per heavy atom. The van der Waals surface area contributed by atoms with Crippen molar-refractivity contribution in [1.29, 1.82) is 0 Å². The van der Waals surface area contributed by atoms with Crippen molar-refractivity contribution in [2.24, 2.45) is 5.92 Å². The number of nitrogens with one attached hydrogen (secondary N) is 1. The van der Waals surface area contributed by atoms with E-state index in [4.69, 9.17) is 0 Å². The maximum absolute atomic E-state index is 12.5. The van der Waals surface area contributed by atoms with Crippen molar-refractivity contribution in [2.75, 3.05) is 11.4 Å². The fourth-order valence-electron chi connectivity index (χ4n) is 2.54. The summed E-state index contributed by atoms with van der Waals surface area (Å²) >= 11 is 0. The first-order chi connectivity index (χ1) is 10.4. The second-order valence-electron chi connectivity index (χ2n) is 5.66. The van der Waals surface area contributed by atoms with E-state index in [0.717, 1.165) is 25.0 Å². The average molecular weight is 312 g/mol. The Labute approximate surface area is 125 Å². The summed E-state index contributed by atoms with van der Waals surface area (Å²) in [7, 11) is 0. The molecule has 7 heteroatoms. The minimum absolute atomic E-state index is 0.181. The summed E-state index contributed by atoms with van der Waals surface area (Å²) in [5, 5.41) is 2.79. The molecule has 0 radical (unpaired) electrons. The van der Waals surface area contributed by atoms with E-state index < -0.39 is 17.7 Å². The summed E-state index contributed by atoms with van der Waals surface area (Å²) in [4.78, 5) is 25.6. The Hall–Kier alpha value is -2.05. The molecule has 1 aliphatic carbocycles. The van der Waals surface area contributed by atoms with Gasteiger partial charge in [0.2, 0.25) is 11.8 Å². The van der Waals surface area contributed by atoms with E-state index >= 15 is 0 Å². The highest BCUT2D eigenvalue weighted by molar-refractivity contribution is 6.09. The van der Waals surface area contributed by atoms with Crippen LogP contribution in [0.2, 0.25) is 0 Å². The number of nitrogens with zero attached hydrogens (tertiary/aromatic N) is 1. The van der Waals surface area contributed by atoms with E-state index in [1.165, 1.54) is 17.0 Å². The lowest BCUT2D eigenvalue weighted by Crippen LogP contribution is -2.37. The number of carbonyl (C=O) groups excluding carboxylic acids is 2. The van der Waals surface area contributed by atoms with Gasteiger partial charge in [-0.3, -0.25) is 9.59 Å². The van der Waals surface area contributed by atoms with Crippen molar-refractivity contribution >= 4 is 17.5 Å². The summed E-state index contributed by atoms with van der Waals surface area (Å²) in [6, 6.07) is 4.60. The molecule has 2 aliphatic rings. The van der Waals surface area contributed by atoms with E-state index in [-0.39, 0.29) is 17.9 Å². The Bertz CT molecular complexity index is 594. The zero-order chi connectivity index (χ0) is 15.9. The molecule has 1 saturated carbocycles. The quantitative estimate of drug-likeness (QED) is 0.871. The summed E-state index contributed by atoms with van der Waals surface area (Å²) in [5.41, 5.74) is -0.370. The van der Waals surface area contributed by atoms with Crippen LogP contribution in [0.4, 0.5) is 18.9 Å². The van der Waals surface area contributed by atoms with Crippen LogP contribution >= 0.6 is 0 Å². The molecule has 1 atom stereocenters. The maximum atomic E-state index is 12.5. The van der Waals surface area contributed by atoms with Crippen molar-refractivity contribution < 1.29 is 22.8 Å². The fourth-order valence-corrected chi connectivity index (χ4v) is 2.54. The van der Waals surface area contributed by atoms with Crippen LogP contribution in [0, 0.1) is 5.92 Å². The first kappa shape index (κ1) is 14.9. The molecular weight excluding hydrogens is 297 g/mol. The highest BCUT2D eigenvalue weighted by atomic mass is 19.4. The molecule has 4 nitrogen and oxygen atoms in total. The lowest BCUT2D eigenvalue weighted by Gasteiger charge is -2.17. The predicted molar refractivity (Wildman–Crippen MR) is 73.1 cm³/mol. The lowest BCUT2D eigenvalue weighted by molar-refractivity contribution is -0.137. The van der Waals surface area contributed by atoms with Gasteiger partial charge in [0, 0.05) is 18.3 Å². The molecule has 3 rings (SSSR count). The molecule has 1 unspecified atom stereocenters. The second-order valence-corrected chi connectivity index (χ2v) is 5.66. The Kier molecular flexibility index (Phi) is 3.58. The molecule has 1 aliphatic heterocycles. The van der Waals surface area contributed by atoms with Gasteiger partial charge in [-0.2, -0.15) is 13.2 Å². The van der Waals surface area contributed by atoms with Gasteiger partial charge in [0.15, 0.2) is 0 Å². The zero-order valence-electron chi connectivity index (χ0n) is 11.7. The van der Waals surface area contributed by atoms with Crippen LogP contribution in [0.1, 0.15) is 24.8 Å². The van der Waals surface area contributed by atoms with Crippen LogP contribution in [0.15, 0.2) is 24.3 Å². The third-order valence-electron chi connectivity index (χ3n) is 3.95. The number of carbonyl (C=O) groups is 2. The molecule has 1 N–H and O–H groups in total. The monoisotopic (exact) mass is 312 g/mol. The predicted octanol–water partition coefficient (Wildman–Crippen LogP) is 2.34. The van der Waals surface area contributed by atoms with Crippen LogP contribution in [0.5, 0.6) is 0 Å². The molecule has 2 amide bonds. The van der Waals surface area contributed by atoms with Crippen molar-refractivity contribution in [3.63, 3.8) is 0 Å². The van der Waals surface area contributed by atoms with Crippen LogP contribution in [0.25, 0.3) is 0 Å². The van der Waals surface area contributed by atoms with Crippen molar-refractivity contribution in [3.05, 3.63) is 29.8 Å². The van der Waals surface area contributed by atoms with Crippen molar-refractivity contribution in [1.82, 2.24) is 5.32 Å². The van der Waals surface area contributed by atoms with Crippen LogP contribution in [-0.4, -0.2) is 24.4 Å². The van der Waals surface area contributed by atoms with Gasteiger partial charge in [-0.05, 0) is 43.5 Å². The van der Waals surface area contributed by atoms with Gasteiger partial charge in [-0.25, -0.2) is 0 Å². The molecule has 118 valence electrons. The lowest BCUT2D eigenvalue weighted by atomic mass is 10.1. The molecule has 1 saturated heterocycles. The molecule has 0 spiro atoms. The van der Waals surface area contributed by atoms with Gasteiger partial charge in [-0.1, -0.05) is 0 Å². The first-order valence-corrected chi connectivity index (χ1v) is 7.15. The minimum atomic E-state index is -4.40. The van der Waals surface area contributed by atoms with E-state index in [0.29, 0.717) is 18.7 Å². The van der Waals surface area contributed by atoms with E-state index in [1.807, 2.05) is 0 Å². The minimum Gasteiger partial charge on any atom is -0.353 e. The fraction of sp³-hybridized carbons (Fsp3) is 0.467. The standard InChI is InChI=1S/C15H15F3N2O2/c16-15(17,18)9-1-5-11(6-2-9)20-8-7-12(14(20)22)13(21)19-10-3-4-10/h1-2,5-6,10,12H,3-4,7-8H2,(H,19,21). The Morgan fingerprint density at radius 1 is 1.14 bits per heavy atom. The van der Waals surface area contributed by atoms with Crippen LogP contribution in [0.3, 0.4) is 0 Å². The van der Waals surface area contributed by atoms with Gasteiger partial charge in [0.25, 0.3) is 0 Å². The number of hydrogen-bond donors (Lipinski definition) is 1. The van der Waals surface area contributed by atoms with Gasteiger partial charge < -0.3 is 10.2 Å². The Morgan fingerprint density at radius 2 is 1.77 bits per heavy atom. The highest BCUT2D eigenvalue weighted by Gasteiger charge is 2.39. The maximum Gasteiger partial charge on any atom is 0.416 e. The Balaban J connectivity index is 1.70. The number of amides is 2. The van der Waals surface area contributed by atoms with Gasteiger partial charge in [0.1, 0.15) is 5.92 Å². The second kappa shape index (κ2) is 5.30. The SMILES string of the molecule is O=C(NC1CC1)C1CCN(c2ccc(C(F)(F)F)cc2)C1=O. The smallest absolute Gasteiger partial charge is 0.353 e. The van der Waals surface area contributed by atoms with E-state index in [9.17, 15) is 22.8 Å². The van der Waals surface area contributed by atoms with Gasteiger partial charge in [0.05, 0.1) is 5.56 Å². The highest BCUT2D eigenvalue weighted by Crippen LogP contribution is 2.32. The normalized spacial score (nSPS) is 22.0. The molecule has 1 aromatic carbocycles. The number of hydrogen-bond acceptors (Lipinski definition) is 2. The third kappa shape index (κ3) is 2.93. The molecule has 1 aromatic rings. The van der Waals surface area contributed by atoms with Gasteiger partial charge in [-0.15, -0.1) is 0 Å². The largest absolute Gasteiger partial charge is 0.416 e. The van der Waals surface area contributed by atoms with Crippen molar-refractivity contribution in [3.8, 4) is 0 Å². The molecule has 2 fully saturated rings. The molecule has 1 heterocycles. The summed E-state index contributed by atoms with van der Waals surface area (Å²) in [6.07, 6.45) is -2.14. The average Bonchev–Trinajstić information content (AvgIpc) is 3.18. The molecule has 0 aromatic heterocycles. The number of benzene rings is 1. The third-order valence-corrected chi connectivity index (χ3v) is 3.95. The summed E-state index contributed by atoms with van der Waals surface area (Å²) in [6.45, 7) is 0.340. The van der Waals surface area contributed by atoms with Gasteiger partial charge >= 0.3 is 6.18 Å².